The van der Waals surface area contributed by atoms with Gasteiger partial charge in [0.05, 0.1) is 0 Å². The van der Waals surface area contributed by atoms with Gasteiger partial charge in [0.15, 0.2) is 0 Å². The molecule has 7 heavy (non-hydrogen) atoms. The summed E-state index contributed by atoms with van der Waals surface area (Å²) in [6, 6.07) is 0. The van der Waals surface area contributed by atoms with Crippen molar-refractivity contribution in [3.05, 3.63) is 10.5 Å². The maximum Gasteiger partial charge on any atom is -0.423 e. The minimum atomic E-state index is -1.12. The quantitative estimate of drug-likeness (QED) is 0.475. The molecule has 0 amide bonds. The maximum atomic E-state index is 9.08. The van der Waals surface area contributed by atoms with Gasteiger partial charge >= 0.3 is 35.8 Å². The van der Waals surface area contributed by atoms with Crippen LogP contribution in [0, 0.1) is 4.91 Å². The summed E-state index contributed by atoms with van der Waals surface area (Å²) in [5.74, 6) is 0. The molecule has 0 rings (SSSR count). The molecule has 0 heterocycles. The first-order valence-electron chi connectivity index (χ1n) is 0.999. The number of rotatable bonds is 0. The van der Waals surface area contributed by atoms with Crippen molar-refractivity contribution in [3.63, 3.8) is 0 Å². The number of hydrogen-bond donors (Lipinski definition) is 0. The van der Waals surface area contributed by atoms with Gasteiger partial charge in [-0.3, -0.25) is 0 Å². The van der Waals surface area contributed by atoms with Gasteiger partial charge in [-0.2, -0.15) is 0 Å². The zero-order valence-corrected chi connectivity index (χ0v) is 5.09. The monoisotopic (exact) mass is 184 g/mol. The molecule has 0 aliphatic carbocycles. The van der Waals surface area contributed by atoms with Crippen LogP contribution in [0.25, 0.3) is 5.59 Å². The van der Waals surface area contributed by atoms with E-state index in [-0.39, 0.29) is 0 Å². The molecule has 0 aromatic carbocycles. The molecular weight excluding hydrogens is 182 g/mol. The molecule has 0 bridgehead atoms. The Hall–Kier alpha value is -0.552. The summed E-state index contributed by atoms with van der Waals surface area (Å²) in [5.41, 5.74) is 5.75. The van der Waals surface area contributed by atoms with Gasteiger partial charge in [0.2, 0.25) is 0 Å². The number of nitrogens with zero attached hydrogens (tertiary/aromatic N) is 1. The Bertz CT molecular complexity index is 116. The first kappa shape index (κ1) is 9.67. The Morgan fingerprint density at radius 3 is 1.43 bits per heavy atom. The van der Waals surface area contributed by atoms with E-state index in [1.807, 2.05) is 0 Å². The molecule has 0 fully saturated rings. The molecule has 5 heteroatoms. The van der Waals surface area contributed by atoms with Gasteiger partial charge < -0.3 is 10.5 Å². The summed E-state index contributed by atoms with van der Waals surface area (Å²) < 4.78 is 2.95. The molecule has 0 spiro atoms. The number of nitroso groups, excluding NO2 is 1. The van der Waals surface area contributed by atoms with Crippen LogP contribution in [-0.2, 0) is 27.2 Å². The smallest absolute Gasteiger partial charge is 0.423 e. The van der Waals surface area contributed by atoms with E-state index in [1.54, 1.807) is 0 Å². The molecular formula is C2MoNO3-. The average molecular weight is 182 g/mol. The van der Waals surface area contributed by atoms with Crippen molar-refractivity contribution in [2.45, 2.75) is 0 Å². The molecule has 38 valence electrons. The third-order valence-corrected chi connectivity index (χ3v) is 0.493. The van der Waals surface area contributed by atoms with Crippen molar-refractivity contribution in [3.8, 4) is 0 Å². The van der Waals surface area contributed by atoms with E-state index < -0.39 is 17.6 Å². The van der Waals surface area contributed by atoms with Gasteiger partial charge in [0.1, 0.15) is 0 Å². The van der Waals surface area contributed by atoms with Crippen LogP contribution in [0.1, 0.15) is 0 Å². The molecule has 0 saturated heterocycles. The van der Waals surface area contributed by atoms with Crippen molar-refractivity contribution in [2.75, 3.05) is 0 Å². The van der Waals surface area contributed by atoms with E-state index in [0.717, 1.165) is 0 Å². The van der Waals surface area contributed by atoms with Gasteiger partial charge in [-0.1, -0.05) is 0 Å². The van der Waals surface area contributed by atoms with Crippen LogP contribution in [-0.4, -0.2) is 8.53 Å². The molecule has 0 aromatic rings. The topological polar surface area (TPSA) is 73.5 Å². The molecule has 0 aliphatic rings. The van der Waals surface area contributed by atoms with Crippen LogP contribution in [0.2, 0.25) is 0 Å². The zero-order chi connectivity index (χ0) is 6.12. The second-order valence-electron chi connectivity index (χ2n) is 0.269. The predicted octanol–water partition coefficient (Wildman–Crippen LogP) is -0.475. The van der Waals surface area contributed by atoms with Gasteiger partial charge in [-0.15, -0.1) is 0 Å². The Morgan fingerprint density at radius 1 is 1.14 bits per heavy atom. The van der Waals surface area contributed by atoms with Gasteiger partial charge in [0.25, 0.3) is 0 Å². The second kappa shape index (κ2) is 18.0. The largest absolute Gasteiger partial charge is 0.577 e. The summed E-state index contributed by atoms with van der Waals surface area (Å²) in [6.45, 7) is 0. The molecule has 0 N–H and O–H groups in total. The molecule has 0 radical (unpaired) electrons. The summed E-state index contributed by atoms with van der Waals surface area (Å²) in [6.07, 6.45) is 0. The van der Waals surface area contributed by atoms with Crippen LogP contribution in [0.3, 0.4) is 0 Å². The standard InChI is InChI=1S/2CO.Mo.NO/c2*1-2;;1-2/q;;;-1. The minimum Gasteiger partial charge on any atom is -0.577 e. The zero-order valence-electron chi connectivity index (χ0n) is 3.08. The molecule has 4 nitrogen and oxygen atoms in total. The Kier molecular flexibility index (Phi) is 24.9. The summed E-state index contributed by atoms with van der Waals surface area (Å²) in [7, 11) is 0. The van der Waals surface area contributed by atoms with Crippen LogP contribution < -0.4 is 0 Å². The van der Waals surface area contributed by atoms with E-state index in [0.29, 0.717) is 0 Å². The average Bonchev–Trinajstić information content (AvgIpc) is 1.75. The Labute approximate surface area is 46.8 Å². The molecule has 0 aromatic heterocycles. The van der Waals surface area contributed by atoms with E-state index in [4.69, 9.17) is 20.1 Å². The van der Waals surface area contributed by atoms with Crippen LogP contribution >= 0.6 is 0 Å². The van der Waals surface area contributed by atoms with Crippen molar-refractivity contribution in [1.29, 1.82) is 0 Å². The third kappa shape index (κ3) is 30.9. The number of hydrogen-bond acceptors (Lipinski definition) is 3. The van der Waals surface area contributed by atoms with Crippen LogP contribution in [0.4, 0.5) is 0 Å². The van der Waals surface area contributed by atoms with Crippen molar-refractivity contribution >= 4 is 8.53 Å². The minimum absolute atomic E-state index is 1.12. The predicted molar refractivity (Wildman–Crippen MR) is 18.1 cm³/mol. The van der Waals surface area contributed by atoms with Crippen molar-refractivity contribution < 1.29 is 27.2 Å². The summed E-state index contributed by atoms with van der Waals surface area (Å²) in [4.78, 5) is 25.4. The van der Waals surface area contributed by atoms with Gasteiger partial charge in [-0.05, 0) is 0 Å². The molecule has 0 saturated carbocycles. The van der Waals surface area contributed by atoms with E-state index in [2.05, 4.69) is 0 Å². The van der Waals surface area contributed by atoms with E-state index in [9.17, 15) is 0 Å². The van der Waals surface area contributed by atoms with Crippen molar-refractivity contribution in [1.82, 2.24) is 0 Å². The SMILES string of the molecule is O=[C]=[Mo]=[C]=O.[N-]=O. The van der Waals surface area contributed by atoms with Gasteiger partial charge in [-0.25, -0.2) is 0 Å². The van der Waals surface area contributed by atoms with Crippen molar-refractivity contribution in [2.24, 2.45) is 0 Å². The first-order valence-corrected chi connectivity index (χ1v) is 3.01. The first-order chi connectivity index (χ1) is 3.41. The Balaban J connectivity index is 0. The molecule has 0 atom stereocenters. The number of carbonyl (C=O) groups excluding carboxylic acids is 2. The normalized spacial score (nSPS) is 3.43. The van der Waals surface area contributed by atoms with E-state index >= 15 is 0 Å². The second-order valence-corrected chi connectivity index (χ2v) is 1.59. The fourth-order valence-electron chi connectivity index (χ4n) is 0.0170. The van der Waals surface area contributed by atoms with Crippen LogP contribution in [0.15, 0.2) is 0 Å². The molecule has 0 unspecified atom stereocenters. The maximum absolute atomic E-state index is 9.08. The van der Waals surface area contributed by atoms with E-state index in [1.165, 1.54) is 8.53 Å². The summed E-state index contributed by atoms with van der Waals surface area (Å²) >= 11 is -1.12. The summed E-state index contributed by atoms with van der Waals surface area (Å²) in [5, 5.41) is 0. The van der Waals surface area contributed by atoms with Crippen LogP contribution in [0.5, 0.6) is 0 Å². The fraction of sp³-hybridized carbons (Fsp3) is 0. The fourth-order valence-corrected chi connectivity index (χ4v) is 0.101. The third-order valence-electron chi connectivity index (χ3n) is 0.0833. The molecule has 0 aliphatic heterocycles. The van der Waals surface area contributed by atoms with Gasteiger partial charge in [0, 0.05) is 0 Å². The Morgan fingerprint density at radius 2 is 1.43 bits per heavy atom.